The zero-order valence-corrected chi connectivity index (χ0v) is 20.4. The molecule has 1 amide bonds. The molecule has 170 valence electrons. The summed E-state index contributed by atoms with van der Waals surface area (Å²) < 4.78 is 0. The fourth-order valence-corrected chi connectivity index (χ4v) is 4.18. The van der Waals surface area contributed by atoms with Crippen molar-refractivity contribution in [2.45, 2.75) is 52.5 Å². The van der Waals surface area contributed by atoms with E-state index in [1.54, 1.807) is 0 Å². The van der Waals surface area contributed by atoms with Gasteiger partial charge in [0.2, 0.25) is 0 Å². The van der Waals surface area contributed by atoms with Crippen molar-refractivity contribution >= 4 is 28.9 Å². The van der Waals surface area contributed by atoms with Crippen LogP contribution in [0.25, 0.3) is 5.57 Å². The van der Waals surface area contributed by atoms with E-state index in [2.05, 4.69) is 72.8 Å². The summed E-state index contributed by atoms with van der Waals surface area (Å²) in [6.07, 6.45) is 8.88. The molecule has 1 aliphatic carbocycles. The number of nitriles is 1. The molecular formula is C25H33N5OS. The van der Waals surface area contributed by atoms with E-state index < -0.39 is 0 Å². The number of thioether (sulfide) groups is 1. The van der Waals surface area contributed by atoms with E-state index in [9.17, 15) is 4.79 Å². The molecule has 32 heavy (non-hydrogen) atoms. The number of nitrogens with one attached hydrogen (secondary N) is 3. The van der Waals surface area contributed by atoms with Crippen LogP contribution in [0.15, 0.2) is 30.5 Å². The van der Waals surface area contributed by atoms with Crippen LogP contribution in [0.3, 0.4) is 0 Å². The monoisotopic (exact) mass is 451 g/mol. The second kappa shape index (κ2) is 9.93. The molecule has 7 heteroatoms. The molecule has 0 atom stereocenters. The van der Waals surface area contributed by atoms with Gasteiger partial charge in [0, 0.05) is 29.1 Å². The highest BCUT2D eigenvalue weighted by molar-refractivity contribution is 7.98. The highest BCUT2D eigenvalue weighted by Gasteiger charge is 2.26. The Balaban J connectivity index is 1.94. The van der Waals surface area contributed by atoms with Gasteiger partial charge in [0.15, 0.2) is 5.82 Å². The highest BCUT2D eigenvalue weighted by Crippen LogP contribution is 2.41. The topological polar surface area (TPSA) is 93.6 Å². The molecule has 0 bridgehead atoms. The van der Waals surface area contributed by atoms with Gasteiger partial charge in [0.05, 0.1) is 6.20 Å². The maximum absolute atomic E-state index is 12.8. The van der Waals surface area contributed by atoms with Gasteiger partial charge < -0.3 is 15.6 Å². The number of carbonyl (C=O) groups is 1. The third-order valence-electron chi connectivity index (χ3n) is 6.09. The third kappa shape index (κ3) is 5.81. The quantitative estimate of drug-likeness (QED) is 0.473. The fraction of sp³-hybridized carbons (Fsp3) is 0.480. The molecule has 6 nitrogen and oxygen atoms in total. The highest BCUT2D eigenvalue weighted by atomic mass is 32.2. The molecule has 0 spiro atoms. The first kappa shape index (κ1) is 24.1. The molecule has 3 rings (SSSR count). The van der Waals surface area contributed by atoms with Crippen LogP contribution in [0.1, 0.15) is 74.4 Å². The molecule has 0 aliphatic heterocycles. The number of rotatable bonds is 8. The second-order valence-electron chi connectivity index (χ2n) is 9.61. The minimum absolute atomic E-state index is 0.134. The minimum Gasteiger partial charge on any atom is -0.326 e. The van der Waals surface area contributed by atoms with Gasteiger partial charge in [-0.1, -0.05) is 26.0 Å². The average molecular weight is 452 g/mol. The Kier molecular flexibility index (Phi) is 7.47. The lowest BCUT2D eigenvalue weighted by molar-refractivity contribution is 0.101. The van der Waals surface area contributed by atoms with Crippen molar-refractivity contribution in [3.63, 3.8) is 0 Å². The van der Waals surface area contributed by atoms with E-state index in [-0.39, 0.29) is 23.0 Å². The summed E-state index contributed by atoms with van der Waals surface area (Å²) in [5.74, 6) is 0.836. The van der Waals surface area contributed by atoms with Crippen LogP contribution in [-0.2, 0) is 5.54 Å². The molecular weight excluding hydrogens is 418 g/mol. The molecule has 0 saturated heterocycles. The number of imidazole rings is 1. The maximum Gasteiger partial charge on any atom is 0.291 e. The minimum atomic E-state index is -0.352. The van der Waals surface area contributed by atoms with Gasteiger partial charge in [-0.3, -0.25) is 4.79 Å². The van der Waals surface area contributed by atoms with Crippen LogP contribution in [0.4, 0.5) is 5.69 Å². The standard InChI is InChI=1S/C25H33N5OS/c1-24(2)10-8-17(9-11-24)20-14-18(25(3,4)28-12-13-32-5)6-7-21(20)30-23(31)22-27-16-19(15-26)29-22/h6-8,14,16,28H,9-13H2,1-5H3,(H,27,29)(H,30,31). The zero-order chi connectivity index (χ0) is 23.4. The number of hydrogen-bond acceptors (Lipinski definition) is 5. The van der Waals surface area contributed by atoms with Crippen LogP contribution in [-0.4, -0.2) is 34.4 Å². The van der Waals surface area contributed by atoms with E-state index in [0.29, 0.717) is 5.41 Å². The van der Waals surface area contributed by atoms with Crippen LogP contribution < -0.4 is 10.6 Å². The Morgan fingerprint density at radius 2 is 2.16 bits per heavy atom. The molecule has 0 unspecified atom stereocenters. The lowest BCUT2D eigenvalue weighted by atomic mass is 9.76. The Morgan fingerprint density at radius 3 is 2.78 bits per heavy atom. The van der Waals surface area contributed by atoms with Gasteiger partial charge in [0.25, 0.3) is 5.91 Å². The van der Waals surface area contributed by atoms with Crippen LogP contribution in [0, 0.1) is 16.7 Å². The predicted molar refractivity (Wildman–Crippen MR) is 133 cm³/mol. The molecule has 2 aromatic rings. The summed E-state index contributed by atoms with van der Waals surface area (Å²) in [6, 6.07) is 8.22. The van der Waals surface area contributed by atoms with E-state index in [1.165, 1.54) is 17.3 Å². The number of nitrogens with zero attached hydrogens (tertiary/aromatic N) is 2. The van der Waals surface area contributed by atoms with E-state index in [1.807, 2.05) is 23.9 Å². The van der Waals surface area contributed by atoms with Crippen molar-refractivity contribution in [3.8, 4) is 6.07 Å². The van der Waals surface area contributed by atoms with Crippen LogP contribution >= 0.6 is 11.8 Å². The summed E-state index contributed by atoms with van der Waals surface area (Å²) in [5, 5.41) is 15.6. The van der Waals surface area contributed by atoms with Gasteiger partial charge >= 0.3 is 0 Å². The molecule has 0 saturated carbocycles. The summed E-state index contributed by atoms with van der Waals surface area (Å²) >= 11 is 1.83. The molecule has 3 N–H and O–H groups in total. The molecule has 1 aromatic carbocycles. The number of allylic oxidation sites excluding steroid dienone is 2. The van der Waals surface area contributed by atoms with Gasteiger partial charge in [-0.25, -0.2) is 4.98 Å². The van der Waals surface area contributed by atoms with Crippen molar-refractivity contribution in [1.29, 1.82) is 5.26 Å². The van der Waals surface area contributed by atoms with Crippen molar-refractivity contribution in [1.82, 2.24) is 15.3 Å². The Labute approximate surface area is 195 Å². The molecule has 0 fully saturated rings. The van der Waals surface area contributed by atoms with Crippen LogP contribution in [0.2, 0.25) is 0 Å². The average Bonchev–Trinajstić information content (AvgIpc) is 3.24. The van der Waals surface area contributed by atoms with Crippen molar-refractivity contribution < 1.29 is 4.79 Å². The number of amides is 1. The largest absolute Gasteiger partial charge is 0.326 e. The molecule has 0 radical (unpaired) electrons. The van der Waals surface area contributed by atoms with Crippen LogP contribution in [0.5, 0.6) is 0 Å². The number of hydrogen-bond donors (Lipinski definition) is 3. The van der Waals surface area contributed by atoms with Crippen molar-refractivity contribution in [3.05, 3.63) is 53.1 Å². The first-order valence-electron chi connectivity index (χ1n) is 11.0. The number of aromatic amines is 1. The van der Waals surface area contributed by atoms with Gasteiger partial charge in [0.1, 0.15) is 11.8 Å². The summed E-state index contributed by atoms with van der Waals surface area (Å²) in [5.41, 5.74) is 4.63. The number of anilines is 1. The number of benzene rings is 1. The summed E-state index contributed by atoms with van der Waals surface area (Å²) in [7, 11) is 0. The zero-order valence-electron chi connectivity index (χ0n) is 19.6. The van der Waals surface area contributed by atoms with Gasteiger partial charge in [-0.2, -0.15) is 17.0 Å². The maximum atomic E-state index is 12.8. The lowest BCUT2D eigenvalue weighted by Crippen LogP contribution is -2.38. The second-order valence-corrected chi connectivity index (χ2v) is 10.6. The summed E-state index contributed by atoms with van der Waals surface area (Å²) in [4.78, 5) is 19.6. The van der Waals surface area contributed by atoms with Gasteiger partial charge in [-0.15, -0.1) is 0 Å². The predicted octanol–water partition coefficient (Wildman–Crippen LogP) is 5.31. The Bertz CT molecular complexity index is 1040. The summed E-state index contributed by atoms with van der Waals surface area (Å²) in [6.45, 7) is 9.90. The normalized spacial score (nSPS) is 15.7. The first-order chi connectivity index (χ1) is 15.1. The molecule has 1 aliphatic rings. The van der Waals surface area contributed by atoms with E-state index >= 15 is 0 Å². The van der Waals surface area contributed by atoms with E-state index in [4.69, 9.17) is 5.26 Å². The Hall–Kier alpha value is -2.56. The van der Waals surface area contributed by atoms with Crippen molar-refractivity contribution in [2.24, 2.45) is 5.41 Å². The van der Waals surface area contributed by atoms with Crippen molar-refractivity contribution in [2.75, 3.05) is 23.9 Å². The fourth-order valence-electron chi connectivity index (χ4n) is 3.87. The molecule has 1 heterocycles. The third-order valence-corrected chi connectivity index (χ3v) is 6.70. The lowest BCUT2D eigenvalue weighted by Gasteiger charge is -2.31. The first-order valence-corrected chi connectivity index (χ1v) is 12.4. The Morgan fingerprint density at radius 1 is 1.38 bits per heavy atom. The number of aromatic nitrogens is 2. The SMILES string of the molecule is CSCCNC(C)(C)c1ccc(NC(=O)c2ncc(C#N)[nH]2)c(C2=CCC(C)(C)CC2)c1. The number of carbonyl (C=O) groups excluding carboxylic acids is 1. The smallest absolute Gasteiger partial charge is 0.291 e. The van der Waals surface area contributed by atoms with E-state index in [0.717, 1.165) is 42.8 Å². The number of H-pyrrole nitrogens is 1. The van der Waals surface area contributed by atoms with Gasteiger partial charge in [-0.05, 0) is 68.0 Å². The molecule has 1 aromatic heterocycles.